The third-order valence-electron chi connectivity index (χ3n) is 3.10. The van der Waals surface area contributed by atoms with Crippen LogP contribution in [0.5, 0.6) is 11.5 Å². The average molecular weight is 281 g/mol. The number of nitrogens with one attached hydrogen (secondary N) is 1. The van der Waals surface area contributed by atoms with Crippen LogP contribution in [0.3, 0.4) is 0 Å². The zero-order valence-electron chi connectivity index (χ0n) is 11.5. The normalized spacial score (nSPS) is 10.6. The minimum Gasteiger partial charge on any atom is -0.494 e. The van der Waals surface area contributed by atoms with Gasteiger partial charge in [-0.2, -0.15) is 0 Å². The highest BCUT2D eigenvalue weighted by Crippen LogP contribution is 2.40. The third kappa shape index (κ3) is 2.28. The molecule has 0 saturated heterocycles. The van der Waals surface area contributed by atoms with E-state index in [1.807, 2.05) is 13.1 Å². The quantitative estimate of drug-likeness (QED) is 0.931. The first-order valence-electron chi connectivity index (χ1n) is 6.08. The minimum absolute atomic E-state index is 0.521. The van der Waals surface area contributed by atoms with Crippen molar-refractivity contribution in [1.29, 1.82) is 0 Å². The summed E-state index contributed by atoms with van der Waals surface area (Å²) in [5.74, 6) is 2.11. The number of ether oxygens (including phenoxy) is 2. The second-order valence-corrected chi connectivity index (χ2v) is 4.50. The van der Waals surface area contributed by atoms with Gasteiger partial charge in [-0.25, -0.2) is 4.98 Å². The summed E-state index contributed by atoms with van der Waals surface area (Å²) < 4.78 is 10.7. The standard InChI is InChI=1S/C14H17ClN2O2/c1-5-8-6-9-12(17-14(8)16-2)11(18-3)7-10(15)13(9)19-4/h6-7H,5H2,1-4H3,(H,16,17). The molecule has 19 heavy (non-hydrogen) atoms. The Labute approximate surface area is 117 Å². The fourth-order valence-corrected chi connectivity index (χ4v) is 2.42. The molecule has 102 valence electrons. The molecule has 5 heteroatoms. The van der Waals surface area contributed by atoms with E-state index < -0.39 is 0 Å². The van der Waals surface area contributed by atoms with E-state index in [1.54, 1.807) is 20.3 Å². The largest absolute Gasteiger partial charge is 0.494 e. The second kappa shape index (κ2) is 5.53. The molecule has 0 spiro atoms. The van der Waals surface area contributed by atoms with E-state index in [9.17, 15) is 0 Å². The monoisotopic (exact) mass is 280 g/mol. The van der Waals surface area contributed by atoms with Crippen LogP contribution in [0.1, 0.15) is 12.5 Å². The zero-order chi connectivity index (χ0) is 14.0. The molecule has 0 amide bonds. The van der Waals surface area contributed by atoms with Crippen molar-refractivity contribution >= 4 is 28.3 Å². The Hall–Kier alpha value is -1.68. The smallest absolute Gasteiger partial charge is 0.147 e. The van der Waals surface area contributed by atoms with Gasteiger partial charge in [0.2, 0.25) is 0 Å². The van der Waals surface area contributed by atoms with Gasteiger partial charge in [0, 0.05) is 18.5 Å². The Balaban J connectivity index is 2.87. The van der Waals surface area contributed by atoms with Gasteiger partial charge in [-0.3, -0.25) is 0 Å². The number of hydrogen-bond acceptors (Lipinski definition) is 4. The Morgan fingerprint density at radius 2 is 2.00 bits per heavy atom. The Bertz CT molecular complexity index is 614. The van der Waals surface area contributed by atoms with Crippen molar-refractivity contribution in [2.24, 2.45) is 0 Å². The van der Waals surface area contributed by atoms with E-state index in [2.05, 4.69) is 17.2 Å². The molecule has 0 bridgehead atoms. The van der Waals surface area contributed by atoms with E-state index >= 15 is 0 Å². The molecule has 0 aliphatic rings. The van der Waals surface area contributed by atoms with Gasteiger partial charge in [0.1, 0.15) is 22.8 Å². The molecule has 1 aromatic heterocycles. The van der Waals surface area contributed by atoms with Gasteiger partial charge in [-0.05, 0) is 18.1 Å². The van der Waals surface area contributed by atoms with Crippen LogP contribution in [0.15, 0.2) is 12.1 Å². The number of methoxy groups -OCH3 is 2. The van der Waals surface area contributed by atoms with Crippen LogP contribution in [0.4, 0.5) is 5.82 Å². The maximum absolute atomic E-state index is 6.21. The van der Waals surface area contributed by atoms with Gasteiger partial charge in [0.15, 0.2) is 0 Å². The highest BCUT2D eigenvalue weighted by molar-refractivity contribution is 6.33. The van der Waals surface area contributed by atoms with Crippen LogP contribution >= 0.6 is 11.6 Å². The minimum atomic E-state index is 0.521. The number of benzene rings is 1. The molecule has 0 atom stereocenters. The van der Waals surface area contributed by atoms with E-state index in [4.69, 9.17) is 21.1 Å². The van der Waals surface area contributed by atoms with E-state index in [1.165, 1.54) is 0 Å². The summed E-state index contributed by atoms with van der Waals surface area (Å²) in [4.78, 5) is 4.61. The predicted octanol–water partition coefficient (Wildman–Crippen LogP) is 3.51. The molecule has 1 N–H and O–H groups in total. The van der Waals surface area contributed by atoms with Gasteiger partial charge < -0.3 is 14.8 Å². The number of aromatic nitrogens is 1. The van der Waals surface area contributed by atoms with Crippen molar-refractivity contribution in [1.82, 2.24) is 4.98 Å². The van der Waals surface area contributed by atoms with Gasteiger partial charge >= 0.3 is 0 Å². The summed E-state index contributed by atoms with van der Waals surface area (Å²) in [7, 11) is 5.06. The highest BCUT2D eigenvalue weighted by atomic mass is 35.5. The molecular formula is C14H17ClN2O2. The lowest BCUT2D eigenvalue weighted by Crippen LogP contribution is -2.01. The van der Waals surface area contributed by atoms with Gasteiger partial charge in [0.05, 0.1) is 19.2 Å². The van der Waals surface area contributed by atoms with Crippen molar-refractivity contribution in [2.75, 3.05) is 26.6 Å². The predicted molar refractivity (Wildman–Crippen MR) is 78.8 cm³/mol. The summed E-state index contributed by atoms with van der Waals surface area (Å²) in [5, 5.41) is 4.49. The lowest BCUT2D eigenvalue weighted by Gasteiger charge is -2.14. The van der Waals surface area contributed by atoms with Crippen LogP contribution in [-0.2, 0) is 6.42 Å². The number of aryl methyl sites for hydroxylation is 1. The molecule has 0 unspecified atom stereocenters. The van der Waals surface area contributed by atoms with E-state index in [-0.39, 0.29) is 0 Å². The van der Waals surface area contributed by atoms with Crippen LogP contribution < -0.4 is 14.8 Å². The first-order valence-corrected chi connectivity index (χ1v) is 6.45. The molecule has 4 nitrogen and oxygen atoms in total. The second-order valence-electron chi connectivity index (χ2n) is 4.09. The highest BCUT2D eigenvalue weighted by Gasteiger charge is 2.16. The lowest BCUT2D eigenvalue weighted by atomic mass is 10.1. The summed E-state index contributed by atoms with van der Waals surface area (Å²) in [6, 6.07) is 3.77. The number of hydrogen-bond donors (Lipinski definition) is 1. The average Bonchev–Trinajstić information content (AvgIpc) is 2.44. The molecule has 0 radical (unpaired) electrons. The third-order valence-corrected chi connectivity index (χ3v) is 3.38. The SMILES string of the molecule is CCc1cc2c(OC)c(Cl)cc(OC)c2nc1NC. The van der Waals surface area contributed by atoms with Crippen molar-refractivity contribution < 1.29 is 9.47 Å². The summed E-state index contributed by atoms with van der Waals surface area (Å²) in [6.45, 7) is 2.08. The van der Waals surface area contributed by atoms with E-state index in [0.29, 0.717) is 16.5 Å². The lowest BCUT2D eigenvalue weighted by molar-refractivity contribution is 0.410. The first-order chi connectivity index (χ1) is 9.15. The number of fused-ring (bicyclic) bond motifs is 1. The summed E-state index contributed by atoms with van der Waals surface area (Å²) in [6.07, 6.45) is 0.872. The number of halogens is 1. The number of pyridine rings is 1. The summed E-state index contributed by atoms with van der Waals surface area (Å²) in [5.41, 5.74) is 1.85. The molecule has 0 aliphatic carbocycles. The maximum atomic E-state index is 6.21. The summed E-state index contributed by atoms with van der Waals surface area (Å²) >= 11 is 6.21. The first kappa shape index (κ1) is 13.7. The van der Waals surface area contributed by atoms with Crippen molar-refractivity contribution in [3.8, 4) is 11.5 Å². The molecular weight excluding hydrogens is 264 g/mol. The van der Waals surface area contributed by atoms with Crippen LogP contribution in [0.25, 0.3) is 10.9 Å². The van der Waals surface area contributed by atoms with Crippen molar-refractivity contribution in [2.45, 2.75) is 13.3 Å². The van der Waals surface area contributed by atoms with Crippen LogP contribution in [0, 0.1) is 0 Å². The molecule has 2 aromatic rings. The zero-order valence-corrected chi connectivity index (χ0v) is 12.3. The molecule has 2 rings (SSSR count). The number of nitrogens with zero attached hydrogens (tertiary/aromatic N) is 1. The van der Waals surface area contributed by atoms with Gasteiger partial charge in [-0.15, -0.1) is 0 Å². The maximum Gasteiger partial charge on any atom is 0.147 e. The topological polar surface area (TPSA) is 43.4 Å². The Morgan fingerprint density at radius 3 is 2.53 bits per heavy atom. The molecule has 0 aliphatic heterocycles. The Morgan fingerprint density at radius 1 is 1.26 bits per heavy atom. The van der Waals surface area contributed by atoms with Gasteiger partial charge in [0.25, 0.3) is 0 Å². The van der Waals surface area contributed by atoms with E-state index in [0.717, 1.165) is 28.7 Å². The Kier molecular flexibility index (Phi) is 4.00. The van der Waals surface area contributed by atoms with Crippen LogP contribution in [0.2, 0.25) is 5.02 Å². The van der Waals surface area contributed by atoms with Crippen LogP contribution in [-0.4, -0.2) is 26.3 Å². The van der Waals surface area contributed by atoms with Gasteiger partial charge in [-0.1, -0.05) is 18.5 Å². The fraction of sp³-hybridized carbons (Fsp3) is 0.357. The molecule has 1 heterocycles. The molecule has 0 saturated carbocycles. The fourth-order valence-electron chi connectivity index (χ4n) is 2.14. The molecule has 1 aromatic carbocycles. The number of anilines is 1. The van der Waals surface area contributed by atoms with Crippen molar-refractivity contribution in [3.63, 3.8) is 0 Å². The van der Waals surface area contributed by atoms with Crippen molar-refractivity contribution in [3.05, 3.63) is 22.7 Å². The molecule has 0 fully saturated rings. The number of rotatable bonds is 4.